The van der Waals surface area contributed by atoms with Gasteiger partial charge in [0.15, 0.2) is 0 Å². The summed E-state index contributed by atoms with van der Waals surface area (Å²) in [6, 6.07) is 20.9. The van der Waals surface area contributed by atoms with Crippen molar-refractivity contribution in [3.63, 3.8) is 0 Å². The highest BCUT2D eigenvalue weighted by molar-refractivity contribution is 5.87. The summed E-state index contributed by atoms with van der Waals surface area (Å²) in [6.45, 7) is 2.29. The molecule has 0 amide bonds. The number of ether oxygens (including phenoxy) is 2. The highest BCUT2D eigenvalue weighted by Gasteiger charge is 2.60. The number of carbonyl (C=O) groups excluding carboxylic acids is 2. The maximum atomic E-state index is 14.7. The van der Waals surface area contributed by atoms with Gasteiger partial charge in [-0.2, -0.15) is 0 Å². The topological polar surface area (TPSA) is 52.6 Å². The summed E-state index contributed by atoms with van der Waals surface area (Å²) >= 11 is 0. The van der Waals surface area contributed by atoms with Gasteiger partial charge in [0, 0.05) is 11.8 Å². The maximum absolute atomic E-state index is 14.7. The average molecular weight is 679 g/mol. The van der Waals surface area contributed by atoms with Crippen molar-refractivity contribution < 1.29 is 19.1 Å². The summed E-state index contributed by atoms with van der Waals surface area (Å²) in [5.74, 6) is 3.47. The van der Waals surface area contributed by atoms with Crippen LogP contribution in [-0.2, 0) is 19.1 Å². The van der Waals surface area contributed by atoms with Crippen molar-refractivity contribution in [3.05, 3.63) is 71.8 Å². The molecule has 13 atom stereocenters. The van der Waals surface area contributed by atoms with Crippen molar-refractivity contribution in [1.82, 2.24) is 0 Å². The van der Waals surface area contributed by atoms with Crippen molar-refractivity contribution in [1.29, 1.82) is 0 Å². The minimum Gasteiger partial charge on any atom is -0.462 e. The number of hydrogen-bond donors (Lipinski definition) is 0. The number of carbonyl (C=O) groups is 2. The Morgan fingerprint density at radius 1 is 0.480 bits per heavy atom. The monoisotopic (exact) mass is 678 g/mol. The molecule has 4 heteroatoms. The third-order valence-electron chi connectivity index (χ3n) is 15.0. The van der Waals surface area contributed by atoms with Crippen LogP contribution in [0.15, 0.2) is 60.7 Å². The first-order chi connectivity index (χ1) is 24.5. The number of hydrogen-bond acceptors (Lipinski definition) is 4. The van der Waals surface area contributed by atoms with Gasteiger partial charge in [-0.05, 0) is 117 Å². The molecule has 4 nitrogen and oxygen atoms in total. The van der Waals surface area contributed by atoms with Crippen LogP contribution in [0.25, 0.3) is 0 Å². The van der Waals surface area contributed by atoms with Gasteiger partial charge in [-0.3, -0.25) is 9.59 Å². The molecule has 0 bridgehead atoms. The molecule has 50 heavy (non-hydrogen) atoms. The minimum absolute atomic E-state index is 0.0250. The molecule has 0 radical (unpaired) electrons. The Hall–Kier alpha value is -2.62. The van der Waals surface area contributed by atoms with Gasteiger partial charge in [0.1, 0.15) is 12.2 Å². The Morgan fingerprint density at radius 2 is 0.900 bits per heavy atom. The molecular formula is C46H62O4. The van der Waals surface area contributed by atoms with Gasteiger partial charge in [0.25, 0.3) is 0 Å². The average Bonchev–Trinajstić information content (AvgIpc) is 3.87. The van der Waals surface area contributed by atoms with E-state index in [1.54, 1.807) is 0 Å². The second kappa shape index (κ2) is 15.5. The fourth-order valence-corrected chi connectivity index (χ4v) is 11.5. The van der Waals surface area contributed by atoms with E-state index in [-0.39, 0.29) is 36.0 Å². The summed E-state index contributed by atoms with van der Waals surface area (Å²) in [7, 11) is 0. The van der Waals surface area contributed by atoms with E-state index in [9.17, 15) is 9.59 Å². The van der Waals surface area contributed by atoms with Gasteiger partial charge in [0.05, 0.1) is 11.8 Å². The summed E-state index contributed by atoms with van der Waals surface area (Å²) in [5.41, 5.74) is 2.24. The SMILES string of the molecule is C[C@H]1CCCC2CC[C@@H]2CCCC1OC(=O)C1C(C(=O)OC2CCC[C@@H]3CCC3CCCCC3C[C@@H]32)C(c2ccccc2)C1c1ccccc1. The lowest BCUT2D eigenvalue weighted by Crippen LogP contribution is -2.53. The normalized spacial score (nSPS) is 40.2. The zero-order valence-electron chi connectivity index (χ0n) is 30.6. The number of fused-ring (bicyclic) bond motifs is 3. The van der Waals surface area contributed by atoms with Crippen molar-refractivity contribution >= 4 is 11.9 Å². The molecule has 8 rings (SSSR count). The van der Waals surface area contributed by atoms with E-state index in [0.29, 0.717) is 17.8 Å². The summed E-state index contributed by atoms with van der Waals surface area (Å²) in [4.78, 5) is 29.4. The molecule has 6 fully saturated rings. The predicted molar refractivity (Wildman–Crippen MR) is 198 cm³/mol. The lowest BCUT2D eigenvalue weighted by molar-refractivity contribution is -0.180. The van der Waals surface area contributed by atoms with Crippen molar-refractivity contribution in [2.24, 2.45) is 53.3 Å². The van der Waals surface area contributed by atoms with Gasteiger partial charge < -0.3 is 9.47 Å². The van der Waals surface area contributed by atoms with Crippen LogP contribution >= 0.6 is 0 Å². The molecule has 2 aromatic carbocycles. The fourth-order valence-electron chi connectivity index (χ4n) is 11.5. The molecule has 0 aliphatic heterocycles. The number of esters is 2. The maximum Gasteiger partial charge on any atom is 0.310 e. The largest absolute Gasteiger partial charge is 0.462 e. The van der Waals surface area contributed by atoms with Crippen molar-refractivity contribution in [3.8, 4) is 0 Å². The van der Waals surface area contributed by atoms with Crippen LogP contribution in [0.2, 0.25) is 0 Å². The zero-order chi connectivity index (χ0) is 34.0. The molecule has 0 aromatic heterocycles. The molecule has 6 saturated carbocycles. The Bertz CT molecular complexity index is 1420. The molecule has 0 spiro atoms. The van der Waals surface area contributed by atoms with Gasteiger partial charge in [-0.25, -0.2) is 0 Å². The molecule has 6 aliphatic rings. The van der Waals surface area contributed by atoms with Crippen LogP contribution in [0.4, 0.5) is 0 Å². The Labute approximate surface area is 301 Å². The van der Waals surface area contributed by atoms with E-state index in [0.717, 1.165) is 66.9 Å². The van der Waals surface area contributed by atoms with Crippen LogP contribution in [0, 0.1) is 53.3 Å². The standard InChI is InChI=1S/C46H62O4/c1-30-13-10-20-32-27-28-34(32)21-11-23-39(30)49-45(47)43-41(35-15-4-2-5-16-35)42(36-17-6-3-7-18-36)44(43)46(48)50-40-24-12-22-33-26-25-31(33)14-8-9-19-37-29-38(37)40/h2-7,15-18,30-34,37-44H,8-14,19-29H2,1H3/t30-,31?,32?,33+,34-,37?,38-,39?,40?,41?,42?,43?,44?/m0/s1. The smallest absolute Gasteiger partial charge is 0.310 e. The first-order valence-corrected chi connectivity index (χ1v) is 21.1. The summed E-state index contributed by atoms with van der Waals surface area (Å²) in [6.07, 6.45) is 22.4. The highest BCUT2D eigenvalue weighted by atomic mass is 16.6. The third-order valence-corrected chi connectivity index (χ3v) is 15.0. The fraction of sp³-hybridized carbons (Fsp3) is 0.696. The molecule has 0 heterocycles. The first-order valence-electron chi connectivity index (χ1n) is 21.1. The van der Waals surface area contributed by atoms with Gasteiger partial charge in [0.2, 0.25) is 0 Å². The van der Waals surface area contributed by atoms with Gasteiger partial charge in [-0.1, -0.05) is 119 Å². The van der Waals surface area contributed by atoms with Gasteiger partial charge >= 0.3 is 11.9 Å². The predicted octanol–water partition coefficient (Wildman–Crippen LogP) is 11.0. The highest BCUT2D eigenvalue weighted by Crippen LogP contribution is 2.59. The summed E-state index contributed by atoms with van der Waals surface area (Å²) in [5, 5.41) is 0. The third kappa shape index (κ3) is 7.34. The Morgan fingerprint density at radius 3 is 1.40 bits per heavy atom. The van der Waals surface area contributed by atoms with E-state index >= 15 is 0 Å². The first kappa shape index (κ1) is 34.5. The van der Waals surface area contributed by atoms with Crippen LogP contribution in [-0.4, -0.2) is 24.1 Å². The van der Waals surface area contributed by atoms with Crippen LogP contribution in [0.5, 0.6) is 0 Å². The molecule has 0 N–H and O–H groups in total. The molecule has 6 aliphatic carbocycles. The van der Waals surface area contributed by atoms with E-state index in [1.165, 1.54) is 83.5 Å². The van der Waals surface area contributed by atoms with E-state index in [4.69, 9.17) is 9.47 Å². The van der Waals surface area contributed by atoms with Crippen LogP contribution in [0.1, 0.15) is 145 Å². The second-order valence-electron chi connectivity index (χ2n) is 17.8. The lowest BCUT2D eigenvalue weighted by Gasteiger charge is -2.50. The number of benzene rings is 2. The van der Waals surface area contributed by atoms with Crippen molar-refractivity contribution in [2.75, 3.05) is 0 Å². The van der Waals surface area contributed by atoms with Crippen molar-refractivity contribution in [2.45, 2.75) is 147 Å². The van der Waals surface area contributed by atoms with Crippen LogP contribution in [0.3, 0.4) is 0 Å². The van der Waals surface area contributed by atoms with Gasteiger partial charge in [-0.15, -0.1) is 0 Å². The summed E-state index contributed by atoms with van der Waals surface area (Å²) < 4.78 is 13.3. The molecule has 0 saturated heterocycles. The van der Waals surface area contributed by atoms with Crippen LogP contribution < -0.4 is 0 Å². The molecular weight excluding hydrogens is 617 g/mol. The quantitative estimate of drug-likeness (QED) is 0.285. The molecule has 270 valence electrons. The number of rotatable bonds is 6. The van der Waals surface area contributed by atoms with E-state index in [2.05, 4.69) is 55.5 Å². The van der Waals surface area contributed by atoms with E-state index in [1.807, 2.05) is 12.1 Å². The molecule has 2 aromatic rings. The molecule has 9 unspecified atom stereocenters. The Kier molecular flexibility index (Phi) is 10.7. The zero-order valence-corrected chi connectivity index (χ0v) is 30.6. The lowest BCUT2D eigenvalue weighted by atomic mass is 9.52. The second-order valence-corrected chi connectivity index (χ2v) is 17.8. The van der Waals surface area contributed by atoms with E-state index < -0.39 is 11.8 Å². The minimum atomic E-state index is -0.536. The Balaban J connectivity index is 1.04.